The van der Waals surface area contributed by atoms with E-state index in [4.69, 9.17) is 19.6 Å². The Hall–Kier alpha value is -2.95. The third-order valence-electron chi connectivity index (χ3n) is 4.80. The first-order chi connectivity index (χ1) is 12.1. The summed E-state index contributed by atoms with van der Waals surface area (Å²) >= 11 is 0. The summed E-state index contributed by atoms with van der Waals surface area (Å²) in [6, 6.07) is 9.10. The number of ketones is 1. The first kappa shape index (κ1) is 15.6. The van der Waals surface area contributed by atoms with Crippen LogP contribution in [0.15, 0.2) is 34.7 Å². The maximum Gasteiger partial charge on any atom is 0.234 e. The average Bonchev–Trinajstić information content (AvgIpc) is 3.23. The number of anilines is 1. The Kier molecular flexibility index (Phi) is 3.64. The van der Waals surface area contributed by atoms with Crippen LogP contribution in [0.3, 0.4) is 0 Å². The zero-order valence-electron chi connectivity index (χ0n) is 14.2. The van der Waals surface area contributed by atoms with Crippen molar-refractivity contribution in [2.24, 2.45) is 0 Å². The van der Waals surface area contributed by atoms with Gasteiger partial charge in [0.05, 0.1) is 25.5 Å². The second-order valence-corrected chi connectivity index (χ2v) is 6.21. The van der Waals surface area contributed by atoms with Gasteiger partial charge in [0.2, 0.25) is 5.78 Å². The third kappa shape index (κ3) is 2.43. The van der Waals surface area contributed by atoms with Crippen LogP contribution < -0.4 is 15.2 Å². The Bertz CT molecular complexity index is 987. The first-order valence-electron chi connectivity index (χ1n) is 8.23. The van der Waals surface area contributed by atoms with Gasteiger partial charge in [-0.05, 0) is 54.7 Å². The third-order valence-corrected chi connectivity index (χ3v) is 4.80. The molecule has 2 N–H and O–H groups in total. The lowest BCUT2D eigenvalue weighted by atomic mass is 10.0. The Labute approximate surface area is 145 Å². The van der Waals surface area contributed by atoms with Crippen molar-refractivity contribution in [3.05, 3.63) is 52.8 Å². The van der Waals surface area contributed by atoms with E-state index in [2.05, 4.69) is 6.07 Å². The number of methoxy groups -OCH3 is 2. The van der Waals surface area contributed by atoms with E-state index in [0.29, 0.717) is 28.3 Å². The van der Waals surface area contributed by atoms with Crippen molar-refractivity contribution in [3.8, 4) is 11.5 Å². The predicted octanol–water partition coefficient (Wildman–Crippen LogP) is 3.75. The fourth-order valence-electron chi connectivity index (χ4n) is 3.46. The number of nitrogens with two attached hydrogens (primary N) is 1. The molecule has 0 atom stereocenters. The molecule has 1 heterocycles. The molecule has 0 bridgehead atoms. The van der Waals surface area contributed by atoms with Gasteiger partial charge in [-0.3, -0.25) is 4.79 Å². The van der Waals surface area contributed by atoms with Gasteiger partial charge in [-0.1, -0.05) is 0 Å². The molecular weight excluding hydrogens is 318 g/mol. The summed E-state index contributed by atoms with van der Waals surface area (Å²) in [5.41, 5.74) is 10.2. The summed E-state index contributed by atoms with van der Waals surface area (Å²) in [5, 5.41) is 0.802. The van der Waals surface area contributed by atoms with Crippen LogP contribution >= 0.6 is 0 Å². The van der Waals surface area contributed by atoms with Crippen molar-refractivity contribution in [3.63, 3.8) is 0 Å². The van der Waals surface area contributed by atoms with Crippen molar-refractivity contribution in [1.29, 1.82) is 0 Å². The Morgan fingerprint density at radius 1 is 1.08 bits per heavy atom. The molecule has 0 radical (unpaired) electrons. The molecule has 2 aromatic carbocycles. The zero-order valence-corrected chi connectivity index (χ0v) is 14.2. The molecule has 0 aliphatic heterocycles. The molecular formula is C20H19NO4. The largest absolute Gasteiger partial charge is 0.497 e. The molecule has 0 spiro atoms. The molecule has 5 heteroatoms. The summed E-state index contributed by atoms with van der Waals surface area (Å²) in [4.78, 5) is 13.0. The van der Waals surface area contributed by atoms with Gasteiger partial charge in [0.25, 0.3) is 0 Å². The van der Waals surface area contributed by atoms with Gasteiger partial charge < -0.3 is 19.6 Å². The fourth-order valence-corrected chi connectivity index (χ4v) is 3.46. The number of carbonyl (C=O) groups is 1. The van der Waals surface area contributed by atoms with E-state index in [1.807, 2.05) is 6.07 Å². The second-order valence-electron chi connectivity index (χ2n) is 6.21. The van der Waals surface area contributed by atoms with Crippen molar-refractivity contribution in [2.75, 3.05) is 20.0 Å². The number of fused-ring (bicyclic) bond motifs is 2. The zero-order chi connectivity index (χ0) is 17.6. The van der Waals surface area contributed by atoms with E-state index >= 15 is 0 Å². The standard InChI is InChI=1S/C20H19NO4/c1-23-13-6-7-14(16(10-13)24-2)19(22)20-18(21)15-8-11-4-3-5-12(11)9-17(15)25-20/h6-10H,3-5,21H2,1-2H3. The van der Waals surface area contributed by atoms with Crippen molar-refractivity contribution < 1.29 is 18.7 Å². The van der Waals surface area contributed by atoms with Gasteiger partial charge in [0.1, 0.15) is 17.1 Å². The normalized spacial score (nSPS) is 13.0. The maximum atomic E-state index is 13.0. The van der Waals surface area contributed by atoms with Crippen molar-refractivity contribution in [1.82, 2.24) is 0 Å². The topological polar surface area (TPSA) is 74.7 Å². The summed E-state index contributed by atoms with van der Waals surface area (Å²) in [6.45, 7) is 0. The van der Waals surface area contributed by atoms with Gasteiger partial charge in [0.15, 0.2) is 5.76 Å². The molecule has 4 rings (SSSR count). The number of carbonyl (C=O) groups excluding carboxylic acids is 1. The minimum Gasteiger partial charge on any atom is -0.497 e. The highest BCUT2D eigenvalue weighted by atomic mass is 16.5. The van der Waals surface area contributed by atoms with E-state index in [0.717, 1.165) is 24.6 Å². The first-order valence-corrected chi connectivity index (χ1v) is 8.23. The molecule has 5 nitrogen and oxygen atoms in total. The number of hydrogen-bond acceptors (Lipinski definition) is 5. The van der Waals surface area contributed by atoms with Crippen molar-refractivity contribution in [2.45, 2.75) is 19.3 Å². The van der Waals surface area contributed by atoms with Gasteiger partial charge >= 0.3 is 0 Å². The molecule has 0 saturated heterocycles. The molecule has 128 valence electrons. The molecule has 1 aliphatic rings. The monoisotopic (exact) mass is 337 g/mol. The van der Waals surface area contributed by atoms with E-state index < -0.39 is 0 Å². The summed E-state index contributed by atoms with van der Waals surface area (Å²) < 4.78 is 16.3. The smallest absolute Gasteiger partial charge is 0.234 e. The minimum atomic E-state index is -0.298. The summed E-state index contributed by atoms with van der Waals surface area (Å²) in [6.07, 6.45) is 3.24. The van der Waals surface area contributed by atoms with Gasteiger partial charge in [-0.2, -0.15) is 0 Å². The van der Waals surface area contributed by atoms with Gasteiger partial charge in [0, 0.05) is 11.5 Å². The van der Waals surface area contributed by atoms with Crippen LogP contribution in [0, 0.1) is 0 Å². The molecule has 3 aromatic rings. The van der Waals surface area contributed by atoms with E-state index in [1.165, 1.54) is 18.2 Å². The van der Waals surface area contributed by atoms with Gasteiger partial charge in [-0.15, -0.1) is 0 Å². The van der Waals surface area contributed by atoms with E-state index in [9.17, 15) is 4.79 Å². The number of benzene rings is 2. The quantitative estimate of drug-likeness (QED) is 0.734. The molecule has 25 heavy (non-hydrogen) atoms. The lowest BCUT2D eigenvalue weighted by molar-refractivity contribution is 0.101. The molecule has 0 saturated carbocycles. The number of rotatable bonds is 4. The predicted molar refractivity (Wildman–Crippen MR) is 95.6 cm³/mol. The highest BCUT2D eigenvalue weighted by molar-refractivity contribution is 6.15. The lowest BCUT2D eigenvalue weighted by Crippen LogP contribution is -2.05. The van der Waals surface area contributed by atoms with Crippen LogP contribution in [0.1, 0.15) is 33.7 Å². The van der Waals surface area contributed by atoms with Crippen LogP contribution in [0.25, 0.3) is 11.0 Å². The highest BCUT2D eigenvalue weighted by Gasteiger charge is 2.24. The Morgan fingerprint density at radius 3 is 2.56 bits per heavy atom. The molecule has 1 aromatic heterocycles. The second kappa shape index (κ2) is 5.84. The minimum absolute atomic E-state index is 0.155. The number of nitrogen functional groups attached to an aromatic ring is 1. The molecule has 0 fully saturated rings. The number of ether oxygens (including phenoxy) is 2. The number of furan rings is 1. The molecule has 0 amide bonds. The Balaban J connectivity index is 1.82. The summed E-state index contributed by atoms with van der Waals surface area (Å²) in [7, 11) is 3.07. The van der Waals surface area contributed by atoms with Gasteiger partial charge in [-0.25, -0.2) is 0 Å². The van der Waals surface area contributed by atoms with Crippen LogP contribution in [-0.4, -0.2) is 20.0 Å². The maximum absolute atomic E-state index is 13.0. The van der Waals surface area contributed by atoms with E-state index in [1.54, 1.807) is 25.3 Å². The fraction of sp³-hybridized carbons (Fsp3) is 0.250. The van der Waals surface area contributed by atoms with E-state index in [-0.39, 0.29) is 11.5 Å². The van der Waals surface area contributed by atoms with Crippen LogP contribution in [0.5, 0.6) is 11.5 Å². The van der Waals surface area contributed by atoms with Crippen LogP contribution in [0.2, 0.25) is 0 Å². The van der Waals surface area contributed by atoms with Crippen molar-refractivity contribution >= 4 is 22.4 Å². The molecule has 1 aliphatic carbocycles. The molecule has 0 unspecified atom stereocenters. The Morgan fingerprint density at radius 2 is 1.84 bits per heavy atom. The highest BCUT2D eigenvalue weighted by Crippen LogP contribution is 2.36. The number of hydrogen-bond donors (Lipinski definition) is 1. The summed E-state index contributed by atoms with van der Waals surface area (Å²) in [5.74, 6) is 0.893. The van der Waals surface area contributed by atoms with Crippen LogP contribution in [-0.2, 0) is 12.8 Å². The SMILES string of the molecule is COc1ccc(C(=O)c2oc3cc4c(cc3c2N)CCC4)c(OC)c1. The number of aryl methyl sites for hydroxylation is 2. The van der Waals surface area contributed by atoms with Crippen LogP contribution in [0.4, 0.5) is 5.69 Å². The lowest BCUT2D eigenvalue weighted by Gasteiger charge is -2.08. The average molecular weight is 337 g/mol.